The van der Waals surface area contributed by atoms with Crippen molar-refractivity contribution in [2.45, 2.75) is 27.7 Å². The van der Waals surface area contributed by atoms with E-state index in [1.807, 2.05) is 19.9 Å². The van der Waals surface area contributed by atoms with E-state index in [-0.39, 0.29) is 0 Å². The van der Waals surface area contributed by atoms with Crippen molar-refractivity contribution in [2.24, 2.45) is 0 Å². The van der Waals surface area contributed by atoms with Gasteiger partial charge in [0.1, 0.15) is 12.0 Å². The number of nitrogens with zero attached hydrogens (tertiary/aromatic N) is 5. The summed E-state index contributed by atoms with van der Waals surface area (Å²) in [7, 11) is 0. The van der Waals surface area contributed by atoms with E-state index in [0.29, 0.717) is 11.5 Å². The summed E-state index contributed by atoms with van der Waals surface area (Å²) in [6, 6.07) is 2.00. The van der Waals surface area contributed by atoms with Crippen LogP contribution in [0, 0.1) is 13.8 Å². The molecule has 0 aliphatic rings. The topological polar surface area (TPSA) is 72.9 Å². The predicted molar refractivity (Wildman–Crippen MR) is 76.6 cm³/mol. The molecule has 2 aromatic rings. The Kier molecular flexibility index (Phi) is 3.69. The molecular formula is C13H20N6. The Balaban J connectivity index is 2.54. The van der Waals surface area contributed by atoms with Crippen LogP contribution in [0.4, 0.5) is 11.5 Å². The zero-order valence-electron chi connectivity index (χ0n) is 11.9. The summed E-state index contributed by atoms with van der Waals surface area (Å²) >= 11 is 0. The Labute approximate surface area is 113 Å². The molecule has 0 amide bonds. The van der Waals surface area contributed by atoms with Crippen LogP contribution < -0.4 is 10.6 Å². The van der Waals surface area contributed by atoms with Crippen LogP contribution in [0.5, 0.6) is 0 Å². The van der Waals surface area contributed by atoms with E-state index >= 15 is 0 Å². The van der Waals surface area contributed by atoms with Crippen LogP contribution in [0.3, 0.4) is 0 Å². The van der Waals surface area contributed by atoms with E-state index in [1.54, 1.807) is 4.68 Å². The number of aromatic nitrogens is 4. The summed E-state index contributed by atoms with van der Waals surface area (Å²) in [6.45, 7) is 9.80. The quantitative estimate of drug-likeness (QED) is 0.906. The second-order valence-electron chi connectivity index (χ2n) is 4.45. The zero-order chi connectivity index (χ0) is 14.0. The van der Waals surface area contributed by atoms with Gasteiger partial charge in [-0.05, 0) is 33.8 Å². The molecule has 2 N–H and O–H groups in total. The van der Waals surface area contributed by atoms with Gasteiger partial charge in [0.2, 0.25) is 0 Å². The van der Waals surface area contributed by atoms with Gasteiger partial charge < -0.3 is 10.6 Å². The van der Waals surface area contributed by atoms with Crippen LogP contribution in [-0.4, -0.2) is 32.8 Å². The molecule has 0 aliphatic carbocycles. The van der Waals surface area contributed by atoms with Crippen molar-refractivity contribution in [3.05, 3.63) is 23.8 Å². The SMILES string of the molecule is CCN(CC)c1ncnc(-n2nc(C)cc2C)c1N. The third-order valence-corrected chi connectivity index (χ3v) is 3.12. The first-order valence-corrected chi connectivity index (χ1v) is 6.47. The van der Waals surface area contributed by atoms with Gasteiger partial charge in [0.25, 0.3) is 0 Å². The number of nitrogens with two attached hydrogens (primary N) is 1. The van der Waals surface area contributed by atoms with E-state index in [9.17, 15) is 0 Å². The smallest absolute Gasteiger partial charge is 0.182 e. The lowest BCUT2D eigenvalue weighted by Crippen LogP contribution is -2.25. The number of aryl methyl sites for hydroxylation is 2. The molecule has 2 rings (SSSR count). The lowest BCUT2D eigenvalue weighted by molar-refractivity contribution is 0.792. The van der Waals surface area contributed by atoms with Gasteiger partial charge in [-0.25, -0.2) is 14.6 Å². The number of hydrogen-bond donors (Lipinski definition) is 1. The van der Waals surface area contributed by atoms with Gasteiger partial charge in [-0.1, -0.05) is 0 Å². The largest absolute Gasteiger partial charge is 0.393 e. The normalized spacial score (nSPS) is 10.7. The Morgan fingerprint density at radius 3 is 2.42 bits per heavy atom. The Bertz CT molecular complexity index is 571. The van der Waals surface area contributed by atoms with Crippen LogP contribution in [0.2, 0.25) is 0 Å². The van der Waals surface area contributed by atoms with Crippen LogP contribution in [-0.2, 0) is 0 Å². The van der Waals surface area contributed by atoms with E-state index in [2.05, 4.69) is 33.8 Å². The molecule has 19 heavy (non-hydrogen) atoms. The van der Waals surface area contributed by atoms with Crippen molar-refractivity contribution in [3.63, 3.8) is 0 Å². The van der Waals surface area contributed by atoms with Crippen LogP contribution in [0.25, 0.3) is 5.82 Å². The van der Waals surface area contributed by atoms with Gasteiger partial charge >= 0.3 is 0 Å². The lowest BCUT2D eigenvalue weighted by Gasteiger charge is -2.22. The minimum Gasteiger partial charge on any atom is -0.393 e. The Morgan fingerprint density at radius 2 is 1.89 bits per heavy atom. The van der Waals surface area contributed by atoms with Crippen molar-refractivity contribution >= 4 is 11.5 Å². The monoisotopic (exact) mass is 260 g/mol. The van der Waals surface area contributed by atoms with E-state index < -0.39 is 0 Å². The fraction of sp³-hybridized carbons (Fsp3) is 0.462. The number of rotatable bonds is 4. The van der Waals surface area contributed by atoms with Crippen LogP contribution in [0.15, 0.2) is 12.4 Å². The first-order valence-electron chi connectivity index (χ1n) is 6.47. The third-order valence-electron chi connectivity index (χ3n) is 3.12. The maximum absolute atomic E-state index is 6.22. The highest BCUT2D eigenvalue weighted by molar-refractivity contribution is 5.70. The molecule has 0 bridgehead atoms. The minimum atomic E-state index is 0.567. The fourth-order valence-electron chi connectivity index (χ4n) is 2.16. The molecule has 0 spiro atoms. The molecule has 0 fully saturated rings. The van der Waals surface area contributed by atoms with Crippen LogP contribution in [0.1, 0.15) is 25.2 Å². The van der Waals surface area contributed by atoms with E-state index in [0.717, 1.165) is 30.3 Å². The van der Waals surface area contributed by atoms with Crippen molar-refractivity contribution < 1.29 is 0 Å². The first-order chi connectivity index (χ1) is 9.08. The molecule has 0 aliphatic heterocycles. The average molecular weight is 260 g/mol. The van der Waals surface area contributed by atoms with E-state index in [1.165, 1.54) is 6.33 Å². The standard InChI is InChI=1S/C13H20N6/c1-5-18(6-2)12-11(14)13(16-8-15-12)19-10(4)7-9(3)17-19/h7-8H,5-6,14H2,1-4H3. The molecule has 6 nitrogen and oxygen atoms in total. The van der Waals surface area contributed by atoms with Gasteiger partial charge in [-0.2, -0.15) is 5.10 Å². The first kappa shape index (κ1) is 13.3. The summed E-state index contributed by atoms with van der Waals surface area (Å²) in [6.07, 6.45) is 1.54. The average Bonchev–Trinajstić information content (AvgIpc) is 2.72. The molecule has 0 aromatic carbocycles. The van der Waals surface area contributed by atoms with Gasteiger partial charge in [-0.3, -0.25) is 0 Å². The Morgan fingerprint density at radius 1 is 1.21 bits per heavy atom. The maximum atomic E-state index is 6.22. The van der Waals surface area contributed by atoms with Gasteiger partial charge in [0.15, 0.2) is 11.6 Å². The van der Waals surface area contributed by atoms with Gasteiger partial charge in [0, 0.05) is 18.8 Å². The zero-order valence-corrected chi connectivity index (χ0v) is 11.9. The van der Waals surface area contributed by atoms with Gasteiger partial charge in [-0.15, -0.1) is 0 Å². The van der Waals surface area contributed by atoms with Gasteiger partial charge in [0.05, 0.1) is 5.69 Å². The summed E-state index contributed by atoms with van der Waals surface area (Å²) < 4.78 is 1.76. The number of nitrogen functional groups attached to an aromatic ring is 1. The van der Waals surface area contributed by atoms with Crippen molar-refractivity contribution in [3.8, 4) is 5.82 Å². The van der Waals surface area contributed by atoms with Crippen molar-refractivity contribution in [1.29, 1.82) is 0 Å². The molecule has 102 valence electrons. The molecule has 0 saturated heterocycles. The minimum absolute atomic E-state index is 0.567. The van der Waals surface area contributed by atoms with E-state index in [4.69, 9.17) is 5.73 Å². The summed E-state index contributed by atoms with van der Waals surface area (Å²) in [5.41, 5.74) is 8.74. The lowest BCUT2D eigenvalue weighted by atomic mass is 10.3. The molecule has 0 atom stereocenters. The summed E-state index contributed by atoms with van der Waals surface area (Å²) in [5.74, 6) is 1.41. The molecule has 0 saturated carbocycles. The second kappa shape index (κ2) is 5.26. The highest BCUT2D eigenvalue weighted by Crippen LogP contribution is 2.25. The Hall–Kier alpha value is -2.11. The van der Waals surface area contributed by atoms with Crippen molar-refractivity contribution in [2.75, 3.05) is 23.7 Å². The summed E-state index contributed by atoms with van der Waals surface area (Å²) in [4.78, 5) is 10.7. The molecule has 0 unspecified atom stereocenters. The second-order valence-corrected chi connectivity index (χ2v) is 4.45. The van der Waals surface area contributed by atoms with Crippen LogP contribution >= 0.6 is 0 Å². The highest BCUT2D eigenvalue weighted by Gasteiger charge is 2.15. The number of hydrogen-bond acceptors (Lipinski definition) is 5. The molecule has 2 aromatic heterocycles. The third kappa shape index (κ3) is 2.38. The molecule has 6 heteroatoms. The van der Waals surface area contributed by atoms with Crippen molar-refractivity contribution in [1.82, 2.24) is 19.7 Å². The number of anilines is 2. The predicted octanol–water partition coefficient (Wildman–Crippen LogP) is 1.71. The molecule has 2 heterocycles. The fourth-order valence-corrected chi connectivity index (χ4v) is 2.16. The summed E-state index contributed by atoms with van der Waals surface area (Å²) in [5, 5.41) is 4.42. The molecular weight excluding hydrogens is 240 g/mol. The molecule has 0 radical (unpaired) electrons. The maximum Gasteiger partial charge on any atom is 0.182 e. The highest BCUT2D eigenvalue weighted by atomic mass is 15.3.